The molecule has 1 aliphatic rings. The van der Waals surface area contributed by atoms with E-state index in [2.05, 4.69) is 9.97 Å². The maximum Gasteiger partial charge on any atom is 0.259 e. The third kappa shape index (κ3) is 4.56. The molecule has 8 heteroatoms. The Morgan fingerprint density at radius 2 is 1.97 bits per heavy atom. The molecule has 0 bridgehead atoms. The lowest BCUT2D eigenvalue weighted by atomic mass is 10.1. The van der Waals surface area contributed by atoms with E-state index < -0.39 is 5.79 Å². The average molecular weight is 435 g/mol. The zero-order chi connectivity index (χ0) is 20.6. The number of nitrogens with zero attached hydrogens (tertiary/aromatic N) is 1. The lowest BCUT2D eigenvalue weighted by Gasteiger charge is -2.17. The Balaban J connectivity index is 1.59. The molecule has 1 saturated heterocycles. The van der Waals surface area contributed by atoms with Crippen molar-refractivity contribution in [2.75, 3.05) is 13.2 Å². The summed E-state index contributed by atoms with van der Waals surface area (Å²) in [6, 6.07) is 10.2. The van der Waals surface area contributed by atoms with Crippen molar-refractivity contribution in [3.8, 4) is 17.1 Å². The van der Waals surface area contributed by atoms with Crippen LogP contribution in [-0.4, -0.2) is 35.1 Å². The molecule has 152 valence electrons. The number of hydrogen-bond donors (Lipinski definition) is 1. The summed E-state index contributed by atoms with van der Waals surface area (Å²) in [6.07, 6.45) is 0.648. The van der Waals surface area contributed by atoms with Gasteiger partial charge in [-0.15, -0.1) is 0 Å². The lowest BCUT2D eigenvalue weighted by molar-refractivity contribution is -0.139. The summed E-state index contributed by atoms with van der Waals surface area (Å²) in [5.74, 6) is 0.390. The van der Waals surface area contributed by atoms with E-state index in [4.69, 9.17) is 37.4 Å². The van der Waals surface area contributed by atoms with Crippen LogP contribution in [0.15, 0.2) is 41.2 Å². The topological polar surface area (TPSA) is 73.4 Å². The molecule has 0 saturated carbocycles. The number of ether oxygens (including phenoxy) is 3. The molecule has 1 aliphatic heterocycles. The van der Waals surface area contributed by atoms with Gasteiger partial charge in [-0.2, -0.15) is 0 Å². The van der Waals surface area contributed by atoms with Gasteiger partial charge in [0.25, 0.3) is 5.56 Å². The highest BCUT2D eigenvalue weighted by Crippen LogP contribution is 2.32. The van der Waals surface area contributed by atoms with Crippen molar-refractivity contribution >= 4 is 34.1 Å². The number of halogens is 2. The second kappa shape index (κ2) is 7.95. The van der Waals surface area contributed by atoms with E-state index in [1.165, 1.54) is 0 Å². The van der Waals surface area contributed by atoms with Gasteiger partial charge in [0, 0.05) is 16.5 Å². The van der Waals surface area contributed by atoms with Crippen molar-refractivity contribution in [1.82, 2.24) is 9.97 Å². The van der Waals surface area contributed by atoms with Crippen molar-refractivity contribution in [2.45, 2.75) is 32.2 Å². The van der Waals surface area contributed by atoms with Crippen LogP contribution in [0.1, 0.15) is 20.3 Å². The summed E-state index contributed by atoms with van der Waals surface area (Å²) in [4.78, 5) is 19.9. The molecule has 2 aromatic carbocycles. The molecule has 0 amide bonds. The zero-order valence-corrected chi connectivity index (χ0v) is 17.5. The van der Waals surface area contributed by atoms with Crippen LogP contribution in [0, 0.1) is 0 Å². The normalized spacial score (nSPS) is 18.3. The van der Waals surface area contributed by atoms with Crippen LogP contribution in [0.25, 0.3) is 22.3 Å². The number of nitrogens with one attached hydrogen (secondary N) is 1. The molecule has 29 heavy (non-hydrogen) atoms. The molecule has 2 heterocycles. The Hall–Kier alpha value is -2.12. The molecule has 1 N–H and O–H groups in total. The van der Waals surface area contributed by atoms with Crippen molar-refractivity contribution in [3.63, 3.8) is 0 Å². The smallest absolute Gasteiger partial charge is 0.259 e. The van der Waals surface area contributed by atoms with E-state index in [-0.39, 0.29) is 11.7 Å². The maximum atomic E-state index is 12.5. The molecule has 4 rings (SSSR count). The van der Waals surface area contributed by atoms with Gasteiger partial charge in [0.15, 0.2) is 5.79 Å². The van der Waals surface area contributed by atoms with Crippen molar-refractivity contribution in [2.24, 2.45) is 0 Å². The van der Waals surface area contributed by atoms with Gasteiger partial charge in [-0.1, -0.05) is 23.2 Å². The van der Waals surface area contributed by atoms with Crippen LogP contribution >= 0.6 is 23.2 Å². The largest absolute Gasteiger partial charge is 0.493 e. The summed E-state index contributed by atoms with van der Waals surface area (Å²) in [6.45, 7) is 4.73. The Bertz CT molecular complexity index is 1110. The number of aromatic amines is 1. The van der Waals surface area contributed by atoms with E-state index in [1.54, 1.807) is 36.4 Å². The highest BCUT2D eigenvalue weighted by atomic mass is 35.5. The first-order valence-corrected chi connectivity index (χ1v) is 10.0. The Morgan fingerprint density at radius 3 is 2.72 bits per heavy atom. The summed E-state index contributed by atoms with van der Waals surface area (Å²) in [7, 11) is 0. The number of H-pyrrole nitrogens is 1. The van der Waals surface area contributed by atoms with Crippen LogP contribution in [0.3, 0.4) is 0 Å². The van der Waals surface area contributed by atoms with E-state index in [1.807, 2.05) is 13.8 Å². The molecule has 0 radical (unpaired) electrons. The van der Waals surface area contributed by atoms with Crippen LogP contribution in [0.2, 0.25) is 10.0 Å². The zero-order valence-electron chi connectivity index (χ0n) is 16.0. The highest BCUT2D eigenvalue weighted by Gasteiger charge is 2.32. The van der Waals surface area contributed by atoms with E-state index in [9.17, 15) is 4.79 Å². The predicted octanol–water partition coefficient (Wildman–Crippen LogP) is 4.82. The molecule has 6 nitrogen and oxygen atoms in total. The maximum absolute atomic E-state index is 12.5. The Morgan fingerprint density at radius 1 is 1.21 bits per heavy atom. The predicted molar refractivity (Wildman–Crippen MR) is 113 cm³/mol. The number of aromatic nitrogens is 2. The van der Waals surface area contributed by atoms with E-state index in [0.29, 0.717) is 57.7 Å². The first kappa shape index (κ1) is 20.2. The lowest BCUT2D eigenvalue weighted by Crippen LogP contribution is -2.22. The fourth-order valence-electron chi connectivity index (χ4n) is 3.26. The van der Waals surface area contributed by atoms with Gasteiger partial charge in [0.1, 0.15) is 11.6 Å². The fraction of sp³-hybridized carbons (Fsp3) is 0.333. The first-order valence-electron chi connectivity index (χ1n) is 9.25. The number of hydrogen-bond acceptors (Lipinski definition) is 5. The van der Waals surface area contributed by atoms with Crippen molar-refractivity contribution in [3.05, 3.63) is 56.8 Å². The fourth-order valence-corrected chi connectivity index (χ4v) is 3.60. The minimum Gasteiger partial charge on any atom is -0.493 e. The van der Waals surface area contributed by atoms with Gasteiger partial charge >= 0.3 is 0 Å². The van der Waals surface area contributed by atoms with Gasteiger partial charge in [-0.25, -0.2) is 4.98 Å². The van der Waals surface area contributed by atoms with Crippen LogP contribution < -0.4 is 10.3 Å². The SMILES string of the molecule is CC1(C)OCC(CCOc2ccc(Cl)cc2-c2nc3ccc(Cl)cc3c(=O)[nH]2)O1. The first-order chi connectivity index (χ1) is 13.8. The molecule has 0 spiro atoms. The van der Waals surface area contributed by atoms with Gasteiger partial charge in [0.2, 0.25) is 0 Å². The molecule has 1 unspecified atom stereocenters. The quantitative estimate of drug-likeness (QED) is 0.622. The minimum atomic E-state index is -0.562. The van der Waals surface area contributed by atoms with Crippen LogP contribution in [0.4, 0.5) is 0 Å². The summed E-state index contributed by atoms with van der Waals surface area (Å²) in [5.41, 5.74) is 0.866. The summed E-state index contributed by atoms with van der Waals surface area (Å²) in [5, 5.41) is 1.41. The summed E-state index contributed by atoms with van der Waals surface area (Å²) < 4.78 is 17.3. The van der Waals surface area contributed by atoms with Crippen molar-refractivity contribution < 1.29 is 14.2 Å². The second-order valence-electron chi connectivity index (χ2n) is 7.30. The van der Waals surface area contributed by atoms with Crippen molar-refractivity contribution in [1.29, 1.82) is 0 Å². The van der Waals surface area contributed by atoms with Gasteiger partial charge in [-0.3, -0.25) is 4.79 Å². The standard InChI is InChI=1S/C21H20Cl2N2O4/c1-21(2)28-11-14(29-21)7-8-27-18-6-4-13(23)10-16(18)19-24-17-5-3-12(22)9-15(17)20(26)25-19/h3-6,9-10,14H,7-8,11H2,1-2H3,(H,24,25,26). The van der Waals surface area contributed by atoms with Crippen LogP contribution in [-0.2, 0) is 9.47 Å². The molecule has 1 atom stereocenters. The molecular weight excluding hydrogens is 415 g/mol. The van der Waals surface area contributed by atoms with Gasteiger partial charge < -0.3 is 19.2 Å². The van der Waals surface area contributed by atoms with E-state index in [0.717, 1.165) is 0 Å². The average Bonchev–Trinajstić information content (AvgIpc) is 3.02. The van der Waals surface area contributed by atoms with Gasteiger partial charge in [-0.05, 0) is 50.2 Å². The number of fused-ring (bicyclic) bond motifs is 1. The third-order valence-electron chi connectivity index (χ3n) is 4.63. The Labute approximate surface area is 177 Å². The monoisotopic (exact) mass is 434 g/mol. The summed E-state index contributed by atoms with van der Waals surface area (Å²) >= 11 is 12.2. The third-order valence-corrected chi connectivity index (χ3v) is 5.10. The molecule has 1 fully saturated rings. The Kier molecular flexibility index (Phi) is 5.53. The highest BCUT2D eigenvalue weighted by molar-refractivity contribution is 6.31. The molecule has 1 aromatic heterocycles. The minimum absolute atomic E-state index is 0.0240. The second-order valence-corrected chi connectivity index (χ2v) is 8.18. The molecule has 0 aliphatic carbocycles. The molecular formula is C21H20Cl2N2O4. The van der Waals surface area contributed by atoms with Gasteiger partial charge in [0.05, 0.1) is 35.8 Å². The number of benzene rings is 2. The van der Waals surface area contributed by atoms with E-state index >= 15 is 0 Å². The number of rotatable bonds is 5. The molecule has 3 aromatic rings. The van der Waals surface area contributed by atoms with Crippen LogP contribution in [0.5, 0.6) is 5.75 Å².